The van der Waals surface area contributed by atoms with Crippen molar-refractivity contribution in [2.45, 2.75) is 6.54 Å². The topological polar surface area (TPSA) is 30.5 Å². The van der Waals surface area contributed by atoms with Crippen LogP contribution in [0.25, 0.3) is 0 Å². The van der Waals surface area contributed by atoms with E-state index in [0.717, 1.165) is 33.8 Å². The highest BCUT2D eigenvalue weighted by Gasteiger charge is 2.02. The Balaban J connectivity index is 2.09. The van der Waals surface area contributed by atoms with Crippen molar-refractivity contribution in [2.24, 2.45) is 0 Å². The van der Waals surface area contributed by atoms with E-state index in [2.05, 4.69) is 27.3 Å². The molecule has 0 bridgehead atoms. The monoisotopic (exact) mass is 321 g/mol. The molecule has 0 aliphatic rings. The molecule has 100 valence electrons. The Morgan fingerprint density at radius 1 is 1.00 bits per heavy atom. The standard InChI is InChI=1S/C15H16BrNO2/c1-18-12-5-3-4-11(8-12)10-17-15-9-13(19-2)6-7-14(15)16/h3-9,17H,10H2,1-2H3. The van der Waals surface area contributed by atoms with Crippen LogP contribution >= 0.6 is 15.9 Å². The Labute approximate surface area is 121 Å². The summed E-state index contributed by atoms with van der Waals surface area (Å²) in [4.78, 5) is 0. The van der Waals surface area contributed by atoms with Crippen molar-refractivity contribution in [3.8, 4) is 11.5 Å². The molecule has 19 heavy (non-hydrogen) atoms. The number of nitrogens with one attached hydrogen (secondary N) is 1. The Morgan fingerprint density at radius 3 is 2.47 bits per heavy atom. The molecule has 2 aromatic carbocycles. The van der Waals surface area contributed by atoms with Gasteiger partial charge in [0, 0.05) is 17.1 Å². The van der Waals surface area contributed by atoms with Crippen LogP contribution in [0.15, 0.2) is 46.9 Å². The van der Waals surface area contributed by atoms with Gasteiger partial charge in [0.15, 0.2) is 0 Å². The quantitative estimate of drug-likeness (QED) is 0.900. The van der Waals surface area contributed by atoms with Gasteiger partial charge >= 0.3 is 0 Å². The lowest BCUT2D eigenvalue weighted by Crippen LogP contribution is -2.00. The first kappa shape index (κ1) is 13.7. The summed E-state index contributed by atoms with van der Waals surface area (Å²) in [5.41, 5.74) is 2.16. The Morgan fingerprint density at radius 2 is 1.74 bits per heavy atom. The summed E-state index contributed by atoms with van der Waals surface area (Å²) in [5, 5.41) is 3.37. The van der Waals surface area contributed by atoms with Gasteiger partial charge in [-0.25, -0.2) is 0 Å². The fourth-order valence-corrected chi connectivity index (χ4v) is 2.13. The number of benzene rings is 2. The molecule has 0 saturated carbocycles. The van der Waals surface area contributed by atoms with Crippen LogP contribution in [-0.2, 0) is 6.54 Å². The lowest BCUT2D eigenvalue weighted by molar-refractivity contribution is 0.414. The molecule has 1 N–H and O–H groups in total. The van der Waals surface area contributed by atoms with Gasteiger partial charge in [0.25, 0.3) is 0 Å². The van der Waals surface area contributed by atoms with E-state index in [1.165, 1.54) is 0 Å². The van der Waals surface area contributed by atoms with Crippen molar-refractivity contribution in [2.75, 3.05) is 19.5 Å². The Bertz CT molecular complexity index is 558. The highest BCUT2D eigenvalue weighted by atomic mass is 79.9. The van der Waals surface area contributed by atoms with Crippen molar-refractivity contribution in [3.05, 3.63) is 52.5 Å². The third kappa shape index (κ3) is 3.64. The summed E-state index contributed by atoms with van der Waals surface area (Å²) < 4.78 is 11.4. The van der Waals surface area contributed by atoms with Gasteiger partial charge in [0.2, 0.25) is 0 Å². The molecule has 0 aliphatic carbocycles. The lowest BCUT2D eigenvalue weighted by Gasteiger charge is -2.11. The first-order valence-corrected chi connectivity index (χ1v) is 6.72. The predicted octanol–water partition coefficient (Wildman–Crippen LogP) is 4.08. The molecule has 0 aromatic heterocycles. The largest absolute Gasteiger partial charge is 0.497 e. The minimum absolute atomic E-state index is 0.725. The van der Waals surface area contributed by atoms with E-state index in [1.807, 2.05) is 36.4 Å². The smallest absolute Gasteiger partial charge is 0.121 e. The number of ether oxygens (including phenoxy) is 2. The molecule has 0 unspecified atom stereocenters. The van der Waals surface area contributed by atoms with Gasteiger partial charge in [-0.1, -0.05) is 12.1 Å². The Kier molecular flexibility index (Phi) is 4.68. The summed E-state index contributed by atoms with van der Waals surface area (Å²) in [6, 6.07) is 13.8. The Hall–Kier alpha value is -1.68. The number of hydrogen-bond acceptors (Lipinski definition) is 3. The van der Waals surface area contributed by atoms with Crippen LogP contribution in [0.2, 0.25) is 0 Å². The minimum atomic E-state index is 0.725. The number of halogens is 1. The summed E-state index contributed by atoms with van der Waals surface area (Å²) in [6.45, 7) is 0.725. The highest BCUT2D eigenvalue weighted by Crippen LogP contribution is 2.27. The minimum Gasteiger partial charge on any atom is -0.497 e. The molecule has 0 fully saturated rings. The van der Waals surface area contributed by atoms with Crippen LogP contribution in [0.3, 0.4) is 0 Å². The lowest BCUT2D eigenvalue weighted by atomic mass is 10.2. The molecule has 0 saturated heterocycles. The maximum Gasteiger partial charge on any atom is 0.121 e. The van der Waals surface area contributed by atoms with Gasteiger partial charge in [-0.3, -0.25) is 0 Å². The third-order valence-electron chi connectivity index (χ3n) is 2.79. The molecular weight excluding hydrogens is 306 g/mol. The maximum absolute atomic E-state index is 5.22. The molecule has 0 amide bonds. The highest BCUT2D eigenvalue weighted by molar-refractivity contribution is 9.10. The second-order valence-electron chi connectivity index (χ2n) is 4.05. The summed E-state index contributed by atoms with van der Waals surface area (Å²) >= 11 is 3.52. The van der Waals surface area contributed by atoms with Gasteiger partial charge in [0.05, 0.1) is 19.9 Å². The molecule has 4 heteroatoms. The molecule has 0 heterocycles. The summed E-state index contributed by atoms with van der Waals surface area (Å²) in [5.74, 6) is 1.69. The van der Waals surface area contributed by atoms with Crippen molar-refractivity contribution >= 4 is 21.6 Å². The van der Waals surface area contributed by atoms with E-state index < -0.39 is 0 Å². The van der Waals surface area contributed by atoms with Crippen LogP contribution in [-0.4, -0.2) is 14.2 Å². The first-order valence-electron chi connectivity index (χ1n) is 5.93. The van der Waals surface area contributed by atoms with Gasteiger partial charge in [0.1, 0.15) is 11.5 Å². The van der Waals surface area contributed by atoms with Crippen LogP contribution in [0.4, 0.5) is 5.69 Å². The van der Waals surface area contributed by atoms with E-state index >= 15 is 0 Å². The third-order valence-corrected chi connectivity index (χ3v) is 3.48. The molecule has 2 aromatic rings. The molecular formula is C15H16BrNO2. The van der Waals surface area contributed by atoms with Gasteiger partial charge in [-0.05, 0) is 45.8 Å². The number of methoxy groups -OCH3 is 2. The van der Waals surface area contributed by atoms with E-state index in [9.17, 15) is 0 Å². The number of anilines is 1. The fourth-order valence-electron chi connectivity index (χ4n) is 1.75. The van der Waals surface area contributed by atoms with Gasteiger partial charge in [-0.2, -0.15) is 0 Å². The van der Waals surface area contributed by atoms with Crippen LogP contribution < -0.4 is 14.8 Å². The molecule has 3 nitrogen and oxygen atoms in total. The predicted molar refractivity (Wildman–Crippen MR) is 81.0 cm³/mol. The normalized spacial score (nSPS) is 10.1. The second-order valence-corrected chi connectivity index (χ2v) is 4.91. The van der Waals surface area contributed by atoms with E-state index in [4.69, 9.17) is 9.47 Å². The summed E-state index contributed by atoms with van der Waals surface area (Å²) in [6.07, 6.45) is 0. The van der Waals surface area contributed by atoms with Gasteiger partial charge in [-0.15, -0.1) is 0 Å². The van der Waals surface area contributed by atoms with Gasteiger partial charge < -0.3 is 14.8 Å². The molecule has 2 rings (SSSR count). The number of hydrogen-bond donors (Lipinski definition) is 1. The zero-order chi connectivity index (χ0) is 13.7. The first-order chi connectivity index (χ1) is 9.22. The van der Waals surface area contributed by atoms with Crippen LogP contribution in [0.1, 0.15) is 5.56 Å². The summed E-state index contributed by atoms with van der Waals surface area (Å²) in [7, 11) is 3.33. The maximum atomic E-state index is 5.22. The molecule has 0 radical (unpaired) electrons. The van der Waals surface area contributed by atoms with Crippen LogP contribution in [0, 0.1) is 0 Å². The van der Waals surface area contributed by atoms with Crippen molar-refractivity contribution in [3.63, 3.8) is 0 Å². The van der Waals surface area contributed by atoms with E-state index in [-0.39, 0.29) is 0 Å². The molecule has 0 aliphatic heterocycles. The van der Waals surface area contributed by atoms with E-state index in [0.29, 0.717) is 0 Å². The van der Waals surface area contributed by atoms with E-state index in [1.54, 1.807) is 14.2 Å². The second kappa shape index (κ2) is 6.48. The molecule has 0 atom stereocenters. The van der Waals surface area contributed by atoms with Crippen molar-refractivity contribution in [1.29, 1.82) is 0 Å². The zero-order valence-electron chi connectivity index (χ0n) is 10.9. The zero-order valence-corrected chi connectivity index (χ0v) is 12.5. The average Bonchev–Trinajstić information content (AvgIpc) is 2.46. The number of rotatable bonds is 5. The van der Waals surface area contributed by atoms with Crippen LogP contribution in [0.5, 0.6) is 11.5 Å². The SMILES string of the molecule is COc1cccc(CNc2cc(OC)ccc2Br)c1. The molecule has 0 spiro atoms. The average molecular weight is 322 g/mol. The van der Waals surface area contributed by atoms with Crippen molar-refractivity contribution in [1.82, 2.24) is 0 Å². The fraction of sp³-hybridized carbons (Fsp3) is 0.200. The van der Waals surface area contributed by atoms with Crippen molar-refractivity contribution < 1.29 is 9.47 Å².